The molecule has 3 aromatic carbocycles. The van der Waals surface area contributed by atoms with Gasteiger partial charge in [-0.2, -0.15) is 0 Å². The summed E-state index contributed by atoms with van der Waals surface area (Å²) in [4.78, 5) is 15.5. The van der Waals surface area contributed by atoms with E-state index in [0.717, 1.165) is 21.9 Å². The van der Waals surface area contributed by atoms with Gasteiger partial charge in [-0.25, -0.2) is 8.42 Å². The van der Waals surface area contributed by atoms with Gasteiger partial charge in [-0.15, -0.1) is 0 Å². The Balaban J connectivity index is 1.50. The van der Waals surface area contributed by atoms with Crippen LogP contribution >= 0.6 is 0 Å². The number of benzene rings is 3. The van der Waals surface area contributed by atoms with Crippen LogP contribution in [-0.4, -0.2) is 50.9 Å². The molecule has 1 fully saturated rings. The summed E-state index contributed by atoms with van der Waals surface area (Å²) in [6.07, 6.45) is 0. The van der Waals surface area contributed by atoms with Crippen molar-refractivity contribution in [2.75, 3.05) is 37.0 Å². The van der Waals surface area contributed by atoms with Crippen LogP contribution in [0.2, 0.25) is 0 Å². The maximum Gasteiger partial charge on any atom is 0.246 e. The number of nitrogens with one attached hydrogen (secondary N) is 1. The fraction of sp³-hybridized carbons (Fsp3) is 0.240. The Morgan fingerprint density at radius 2 is 1.67 bits per heavy atom. The van der Waals surface area contributed by atoms with Gasteiger partial charge in [0.2, 0.25) is 5.91 Å². The second-order valence-corrected chi connectivity index (χ2v) is 10.4. The van der Waals surface area contributed by atoms with Gasteiger partial charge in [-0.1, -0.05) is 48.5 Å². The average Bonchev–Trinajstić information content (AvgIpc) is 3.18. The topological polar surface area (TPSA) is 88.9 Å². The van der Waals surface area contributed by atoms with Crippen LogP contribution in [0.1, 0.15) is 11.6 Å². The van der Waals surface area contributed by atoms with Crippen molar-refractivity contribution in [1.29, 1.82) is 0 Å². The number of sulfone groups is 1. The number of methoxy groups -OCH3 is 1. The normalized spacial score (nSPS) is 17.1. The minimum atomic E-state index is -3.07. The molecule has 33 heavy (non-hydrogen) atoms. The molecule has 7 nitrogen and oxygen atoms in total. The Morgan fingerprint density at radius 1 is 0.970 bits per heavy atom. The number of hydrogen-bond donors (Lipinski definition) is 1. The highest BCUT2D eigenvalue weighted by Crippen LogP contribution is 2.37. The lowest BCUT2D eigenvalue weighted by Gasteiger charge is -2.33. The summed E-state index contributed by atoms with van der Waals surface area (Å²) >= 11 is 0. The molecular weight excluding hydrogens is 440 g/mol. The van der Waals surface area contributed by atoms with Crippen LogP contribution in [0.5, 0.6) is 5.75 Å². The molecule has 0 spiro atoms. The molecule has 1 aromatic heterocycles. The van der Waals surface area contributed by atoms with Gasteiger partial charge in [0.25, 0.3) is 0 Å². The SMILES string of the molecule is COc1cc2c(cc1NC(=O)C(c1ccccc1)N1CCS(=O)(=O)CC1)oc1ccccc12. The predicted octanol–water partition coefficient (Wildman–Crippen LogP) is 4.00. The molecule has 1 amide bonds. The molecular formula is C25H24N2O5S. The van der Waals surface area contributed by atoms with Crippen LogP contribution in [0.15, 0.2) is 71.1 Å². The maximum absolute atomic E-state index is 13.6. The highest BCUT2D eigenvalue weighted by Gasteiger charge is 2.33. The Labute approximate surface area is 191 Å². The van der Waals surface area contributed by atoms with E-state index in [1.807, 2.05) is 65.6 Å². The fourth-order valence-electron chi connectivity index (χ4n) is 4.37. The van der Waals surface area contributed by atoms with Crippen molar-refractivity contribution in [3.05, 3.63) is 72.3 Å². The summed E-state index contributed by atoms with van der Waals surface area (Å²) in [5, 5.41) is 4.88. The summed E-state index contributed by atoms with van der Waals surface area (Å²) in [6, 6.07) is 20.1. The summed E-state index contributed by atoms with van der Waals surface area (Å²) in [7, 11) is -1.51. The third-order valence-electron chi connectivity index (χ3n) is 6.06. The number of amides is 1. The Hall–Kier alpha value is -3.36. The monoisotopic (exact) mass is 464 g/mol. The van der Waals surface area contributed by atoms with E-state index in [2.05, 4.69) is 5.32 Å². The van der Waals surface area contributed by atoms with Gasteiger partial charge in [-0.3, -0.25) is 9.69 Å². The van der Waals surface area contributed by atoms with Crippen LogP contribution in [0.3, 0.4) is 0 Å². The molecule has 1 aliphatic heterocycles. The van der Waals surface area contributed by atoms with E-state index in [4.69, 9.17) is 9.15 Å². The quantitative estimate of drug-likeness (QED) is 0.480. The number of fused-ring (bicyclic) bond motifs is 3. The molecule has 0 aliphatic carbocycles. The Morgan fingerprint density at radius 3 is 2.39 bits per heavy atom. The third kappa shape index (κ3) is 4.19. The van der Waals surface area contributed by atoms with E-state index >= 15 is 0 Å². The lowest BCUT2D eigenvalue weighted by molar-refractivity contribution is -0.121. The van der Waals surface area contributed by atoms with Crippen molar-refractivity contribution in [3.63, 3.8) is 0 Å². The van der Waals surface area contributed by atoms with Gasteiger partial charge in [-0.05, 0) is 17.7 Å². The van der Waals surface area contributed by atoms with Crippen molar-refractivity contribution in [1.82, 2.24) is 4.90 Å². The zero-order chi connectivity index (χ0) is 23.0. The minimum absolute atomic E-state index is 0.0396. The number of carbonyl (C=O) groups is 1. The van der Waals surface area contributed by atoms with E-state index in [1.54, 1.807) is 13.2 Å². The number of nitrogens with zero attached hydrogens (tertiary/aromatic N) is 1. The molecule has 1 unspecified atom stereocenters. The van der Waals surface area contributed by atoms with E-state index < -0.39 is 15.9 Å². The molecule has 0 bridgehead atoms. The van der Waals surface area contributed by atoms with E-state index in [-0.39, 0.29) is 17.4 Å². The van der Waals surface area contributed by atoms with Gasteiger partial charge >= 0.3 is 0 Å². The standard InChI is InChI=1S/C25H24N2O5S/c1-31-23-15-19-18-9-5-6-10-21(18)32-22(19)16-20(23)26-25(28)24(17-7-3-2-4-8-17)27-11-13-33(29,30)14-12-27/h2-10,15-16,24H,11-14H2,1H3,(H,26,28). The zero-order valence-corrected chi connectivity index (χ0v) is 19.0. The summed E-state index contributed by atoms with van der Waals surface area (Å²) < 4.78 is 35.4. The maximum atomic E-state index is 13.6. The molecule has 5 rings (SSSR count). The number of ether oxygens (including phenoxy) is 1. The number of carbonyl (C=O) groups excluding carboxylic acids is 1. The molecule has 0 saturated carbocycles. The second kappa shape index (κ2) is 8.53. The summed E-state index contributed by atoms with van der Waals surface area (Å²) in [6.45, 7) is 0.601. The van der Waals surface area contributed by atoms with E-state index in [0.29, 0.717) is 30.1 Å². The molecule has 4 aromatic rings. The Bertz CT molecular complexity index is 1420. The first-order chi connectivity index (χ1) is 15.9. The van der Waals surface area contributed by atoms with Crippen molar-refractivity contribution >= 4 is 43.4 Å². The van der Waals surface area contributed by atoms with Crippen LogP contribution in [0.25, 0.3) is 21.9 Å². The van der Waals surface area contributed by atoms with Crippen LogP contribution in [0, 0.1) is 0 Å². The molecule has 170 valence electrons. The van der Waals surface area contributed by atoms with Gasteiger partial charge in [0, 0.05) is 29.9 Å². The first-order valence-corrected chi connectivity index (χ1v) is 12.6. The lowest BCUT2D eigenvalue weighted by Crippen LogP contribution is -2.46. The minimum Gasteiger partial charge on any atom is -0.495 e. The number of hydrogen-bond acceptors (Lipinski definition) is 6. The van der Waals surface area contributed by atoms with Gasteiger partial charge in [0.05, 0.1) is 24.3 Å². The molecule has 1 atom stereocenters. The molecule has 1 aliphatic rings. The first kappa shape index (κ1) is 21.5. The smallest absolute Gasteiger partial charge is 0.246 e. The predicted molar refractivity (Wildman–Crippen MR) is 128 cm³/mol. The fourth-order valence-corrected chi connectivity index (χ4v) is 5.60. The highest BCUT2D eigenvalue weighted by molar-refractivity contribution is 7.91. The van der Waals surface area contributed by atoms with Gasteiger partial charge < -0.3 is 14.5 Å². The van der Waals surface area contributed by atoms with E-state index in [1.165, 1.54) is 0 Å². The van der Waals surface area contributed by atoms with Crippen LogP contribution < -0.4 is 10.1 Å². The van der Waals surface area contributed by atoms with Crippen molar-refractivity contribution in [3.8, 4) is 5.75 Å². The van der Waals surface area contributed by atoms with Crippen molar-refractivity contribution < 1.29 is 22.4 Å². The first-order valence-electron chi connectivity index (χ1n) is 10.7. The second-order valence-electron chi connectivity index (χ2n) is 8.14. The zero-order valence-electron chi connectivity index (χ0n) is 18.2. The largest absolute Gasteiger partial charge is 0.495 e. The third-order valence-corrected chi connectivity index (χ3v) is 7.67. The number of rotatable bonds is 5. The molecule has 2 heterocycles. The van der Waals surface area contributed by atoms with Gasteiger partial charge in [0.1, 0.15) is 23.0 Å². The highest BCUT2D eigenvalue weighted by atomic mass is 32.2. The van der Waals surface area contributed by atoms with Crippen molar-refractivity contribution in [2.24, 2.45) is 0 Å². The lowest BCUT2D eigenvalue weighted by atomic mass is 10.0. The van der Waals surface area contributed by atoms with E-state index in [9.17, 15) is 13.2 Å². The molecule has 1 N–H and O–H groups in total. The number of anilines is 1. The molecule has 0 radical (unpaired) electrons. The summed E-state index contributed by atoms with van der Waals surface area (Å²) in [5.74, 6) is 0.347. The summed E-state index contributed by atoms with van der Waals surface area (Å²) in [5.41, 5.74) is 2.71. The van der Waals surface area contributed by atoms with Crippen molar-refractivity contribution in [2.45, 2.75) is 6.04 Å². The number of furan rings is 1. The van der Waals surface area contributed by atoms with Gasteiger partial charge in [0.15, 0.2) is 9.84 Å². The van der Waals surface area contributed by atoms with Crippen LogP contribution in [0.4, 0.5) is 5.69 Å². The molecule has 1 saturated heterocycles. The van der Waals surface area contributed by atoms with Crippen LogP contribution in [-0.2, 0) is 14.6 Å². The molecule has 8 heteroatoms. The Kier molecular flexibility index (Phi) is 5.55. The average molecular weight is 465 g/mol. The number of para-hydroxylation sites is 1.